The van der Waals surface area contributed by atoms with Crippen LogP contribution in [-0.4, -0.2) is 18.5 Å². The van der Waals surface area contributed by atoms with Crippen molar-refractivity contribution in [3.63, 3.8) is 0 Å². The van der Waals surface area contributed by atoms with Crippen LogP contribution >= 0.6 is 27.5 Å². The fourth-order valence-electron chi connectivity index (χ4n) is 2.05. The highest BCUT2D eigenvalue weighted by molar-refractivity contribution is 9.10. The molecule has 0 heterocycles. The zero-order valence-electron chi connectivity index (χ0n) is 13.8. The first-order valence-electron chi connectivity index (χ1n) is 7.53. The average Bonchev–Trinajstić information content (AvgIpc) is 2.61. The highest BCUT2D eigenvalue weighted by Gasteiger charge is 2.34. The van der Waals surface area contributed by atoms with Gasteiger partial charge >= 0.3 is 12.1 Å². The van der Waals surface area contributed by atoms with Gasteiger partial charge in [0.1, 0.15) is 5.82 Å². The second-order valence-electron chi connectivity index (χ2n) is 5.32. The van der Waals surface area contributed by atoms with Gasteiger partial charge in [0, 0.05) is 16.1 Å². The number of para-hydroxylation sites is 1. The molecule has 2 aromatic rings. The molecule has 0 aliphatic rings. The number of anilines is 1. The number of ether oxygens (including phenoxy) is 1. The molecular weight excluding hydrogens is 470 g/mol. The van der Waals surface area contributed by atoms with Gasteiger partial charge in [-0.25, -0.2) is 9.18 Å². The van der Waals surface area contributed by atoms with E-state index in [1.54, 1.807) is 0 Å². The number of esters is 1. The Morgan fingerprint density at radius 2 is 1.93 bits per heavy atom. The predicted molar refractivity (Wildman–Crippen MR) is 99.2 cm³/mol. The highest BCUT2D eigenvalue weighted by Crippen LogP contribution is 2.38. The number of amides is 1. The summed E-state index contributed by atoms with van der Waals surface area (Å²) in [6, 6.07) is 7.09. The Bertz CT molecular complexity index is 932. The third kappa shape index (κ3) is 6.07. The van der Waals surface area contributed by atoms with Crippen molar-refractivity contribution < 1.29 is 31.9 Å². The molecule has 2 rings (SSSR count). The monoisotopic (exact) mass is 479 g/mol. The lowest BCUT2D eigenvalue weighted by Crippen LogP contribution is -2.22. The van der Waals surface area contributed by atoms with Gasteiger partial charge in [0.2, 0.25) is 0 Å². The van der Waals surface area contributed by atoms with E-state index in [1.807, 2.05) is 5.32 Å². The maximum atomic E-state index is 13.6. The van der Waals surface area contributed by atoms with Gasteiger partial charge in [0.05, 0.1) is 16.3 Å². The molecule has 0 radical (unpaired) electrons. The predicted octanol–water partition coefficient (Wildman–Crippen LogP) is 5.46. The van der Waals surface area contributed by atoms with E-state index >= 15 is 0 Å². The molecule has 0 fully saturated rings. The van der Waals surface area contributed by atoms with Crippen molar-refractivity contribution in [3.05, 3.63) is 68.9 Å². The number of hydrogen-bond donors (Lipinski definition) is 1. The minimum atomic E-state index is -4.74. The Morgan fingerprint density at radius 3 is 2.61 bits per heavy atom. The average molecular weight is 481 g/mol. The van der Waals surface area contributed by atoms with Gasteiger partial charge in [0.15, 0.2) is 6.61 Å². The molecule has 4 nitrogen and oxygen atoms in total. The molecule has 148 valence electrons. The molecule has 28 heavy (non-hydrogen) atoms. The summed E-state index contributed by atoms with van der Waals surface area (Å²) in [6.07, 6.45) is -2.72. The summed E-state index contributed by atoms with van der Waals surface area (Å²) < 4.78 is 57.7. The van der Waals surface area contributed by atoms with Gasteiger partial charge < -0.3 is 10.1 Å². The first-order valence-corrected chi connectivity index (χ1v) is 8.70. The molecule has 0 bridgehead atoms. The van der Waals surface area contributed by atoms with E-state index in [-0.39, 0.29) is 10.6 Å². The topological polar surface area (TPSA) is 55.4 Å². The van der Waals surface area contributed by atoms with Crippen LogP contribution in [-0.2, 0) is 20.5 Å². The molecule has 0 saturated heterocycles. The lowest BCUT2D eigenvalue weighted by molar-refractivity contribution is -0.142. The van der Waals surface area contributed by atoms with Gasteiger partial charge in [-0.15, -0.1) is 0 Å². The number of alkyl halides is 3. The van der Waals surface area contributed by atoms with E-state index in [0.717, 1.165) is 24.3 Å². The molecule has 0 saturated carbocycles. The number of carbonyl (C=O) groups is 2. The van der Waals surface area contributed by atoms with Crippen LogP contribution in [0, 0.1) is 5.82 Å². The summed E-state index contributed by atoms with van der Waals surface area (Å²) in [6.45, 7) is -0.855. The lowest BCUT2D eigenvalue weighted by atomic mass is 10.1. The number of halogens is 6. The number of nitrogens with one attached hydrogen (secondary N) is 1. The minimum Gasteiger partial charge on any atom is -0.452 e. The fraction of sp³-hybridized carbons (Fsp3) is 0.111. The fourth-order valence-corrected chi connectivity index (χ4v) is 2.65. The maximum Gasteiger partial charge on any atom is 0.418 e. The molecule has 1 N–H and O–H groups in total. The Kier molecular flexibility index (Phi) is 7.20. The van der Waals surface area contributed by atoms with Crippen LogP contribution in [0.25, 0.3) is 6.08 Å². The molecule has 0 atom stereocenters. The van der Waals surface area contributed by atoms with Crippen LogP contribution in [0.15, 0.2) is 46.9 Å². The van der Waals surface area contributed by atoms with Gasteiger partial charge in [0.25, 0.3) is 5.91 Å². The normalized spacial score (nSPS) is 11.5. The van der Waals surface area contributed by atoms with Gasteiger partial charge in [-0.05, 0) is 36.4 Å². The summed E-state index contributed by atoms with van der Waals surface area (Å²) in [5, 5.41) is 1.65. The van der Waals surface area contributed by atoms with E-state index in [2.05, 4.69) is 20.7 Å². The van der Waals surface area contributed by atoms with E-state index in [4.69, 9.17) is 11.6 Å². The number of hydrogen-bond acceptors (Lipinski definition) is 3. The smallest absolute Gasteiger partial charge is 0.418 e. The van der Waals surface area contributed by atoms with Crippen LogP contribution in [0.2, 0.25) is 5.02 Å². The van der Waals surface area contributed by atoms with E-state index in [0.29, 0.717) is 4.47 Å². The summed E-state index contributed by atoms with van der Waals surface area (Å²) in [5.74, 6) is -2.58. The van der Waals surface area contributed by atoms with Crippen molar-refractivity contribution in [2.45, 2.75) is 6.18 Å². The molecule has 0 aliphatic carbocycles. The molecule has 2 aromatic carbocycles. The first-order chi connectivity index (χ1) is 13.1. The quantitative estimate of drug-likeness (QED) is 0.351. The summed E-state index contributed by atoms with van der Waals surface area (Å²) in [5.41, 5.74) is -1.67. The van der Waals surface area contributed by atoms with Crippen molar-refractivity contribution in [3.8, 4) is 0 Å². The third-order valence-electron chi connectivity index (χ3n) is 3.29. The van der Waals surface area contributed by atoms with Crippen LogP contribution in [0.5, 0.6) is 0 Å². The molecule has 0 unspecified atom stereocenters. The molecule has 10 heteroatoms. The van der Waals surface area contributed by atoms with E-state index in [9.17, 15) is 27.2 Å². The number of benzene rings is 2. The van der Waals surface area contributed by atoms with Crippen molar-refractivity contribution >= 4 is 51.2 Å². The second kappa shape index (κ2) is 9.20. The summed E-state index contributed by atoms with van der Waals surface area (Å²) >= 11 is 8.86. The van der Waals surface area contributed by atoms with Crippen LogP contribution in [0.1, 0.15) is 11.1 Å². The summed E-state index contributed by atoms with van der Waals surface area (Å²) in [7, 11) is 0. The van der Waals surface area contributed by atoms with Crippen LogP contribution in [0.3, 0.4) is 0 Å². The van der Waals surface area contributed by atoms with Crippen molar-refractivity contribution in [2.75, 3.05) is 11.9 Å². The van der Waals surface area contributed by atoms with Gasteiger partial charge in [-0.3, -0.25) is 4.79 Å². The molecule has 0 spiro atoms. The zero-order chi connectivity index (χ0) is 20.9. The highest BCUT2D eigenvalue weighted by atomic mass is 79.9. The van der Waals surface area contributed by atoms with Gasteiger partial charge in [-0.2, -0.15) is 13.2 Å². The lowest BCUT2D eigenvalue weighted by Gasteiger charge is -2.15. The van der Waals surface area contributed by atoms with E-state index < -0.39 is 41.7 Å². The van der Waals surface area contributed by atoms with Crippen LogP contribution in [0.4, 0.5) is 23.2 Å². The standard InChI is InChI=1S/C18H11BrClF4NO3/c19-11-5-6-14(21)10(8-11)4-7-16(27)28-9-15(26)25-17-12(18(22,23)24)2-1-3-13(17)20/h1-8H,9H2,(H,25,26)/b7-4+. The number of carbonyl (C=O) groups excluding carboxylic acids is 2. The molecule has 0 aliphatic heterocycles. The zero-order valence-corrected chi connectivity index (χ0v) is 16.2. The van der Waals surface area contributed by atoms with Crippen molar-refractivity contribution in [2.24, 2.45) is 0 Å². The number of rotatable bonds is 5. The van der Waals surface area contributed by atoms with Crippen molar-refractivity contribution in [1.29, 1.82) is 0 Å². The second-order valence-corrected chi connectivity index (χ2v) is 6.64. The minimum absolute atomic E-state index is 0.0988. The maximum absolute atomic E-state index is 13.6. The molecular formula is C18H11BrClF4NO3. The van der Waals surface area contributed by atoms with Gasteiger partial charge in [-0.1, -0.05) is 33.6 Å². The summed E-state index contributed by atoms with van der Waals surface area (Å²) in [4.78, 5) is 23.5. The van der Waals surface area contributed by atoms with E-state index in [1.165, 1.54) is 24.3 Å². The largest absolute Gasteiger partial charge is 0.452 e. The SMILES string of the molecule is O=C(COC(=O)/C=C/c1cc(Br)ccc1F)Nc1c(Cl)cccc1C(F)(F)F. The Hall–Kier alpha value is -2.39. The first kappa shape index (κ1) is 21.9. The molecule has 0 aromatic heterocycles. The Labute approximate surface area is 170 Å². The van der Waals surface area contributed by atoms with Crippen LogP contribution < -0.4 is 5.32 Å². The molecule has 1 amide bonds. The third-order valence-corrected chi connectivity index (χ3v) is 4.09. The Morgan fingerprint density at radius 1 is 1.21 bits per heavy atom. The Balaban J connectivity index is 1.99. The van der Waals surface area contributed by atoms with Crippen molar-refractivity contribution in [1.82, 2.24) is 0 Å².